The van der Waals surface area contributed by atoms with E-state index in [-0.39, 0.29) is 5.54 Å². The SMILES string of the molecule is CCC1CNC(CC)(CC)CN1C(C)c1ccc(Br)cc1. The quantitative estimate of drug-likeness (QED) is 0.822. The lowest BCUT2D eigenvalue weighted by Crippen LogP contribution is -2.63. The second kappa shape index (κ2) is 7.26. The monoisotopic (exact) mass is 352 g/mol. The molecule has 1 aromatic carbocycles. The predicted molar refractivity (Wildman–Crippen MR) is 94.7 cm³/mol. The second-order valence-corrected chi connectivity index (χ2v) is 7.25. The first-order valence-corrected chi connectivity index (χ1v) is 9.10. The van der Waals surface area contributed by atoms with Gasteiger partial charge in [0.15, 0.2) is 0 Å². The zero-order valence-electron chi connectivity index (χ0n) is 13.8. The first-order chi connectivity index (χ1) is 10.0. The van der Waals surface area contributed by atoms with Crippen LogP contribution in [0.2, 0.25) is 0 Å². The predicted octanol–water partition coefficient (Wildman–Crippen LogP) is 4.75. The molecule has 0 aromatic heterocycles. The van der Waals surface area contributed by atoms with Crippen LogP contribution in [0.4, 0.5) is 0 Å². The number of hydrogen-bond donors (Lipinski definition) is 1. The highest BCUT2D eigenvalue weighted by atomic mass is 79.9. The summed E-state index contributed by atoms with van der Waals surface area (Å²) in [6, 6.07) is 9.92. The largest absolute Gasteiger partial charge is 0.308 e. The Morgan fingerprint density at radius 1 is 1.24 bits per heavy atom. The molecule has 118 valence electrons. The maximum Gasteiger partial charge on any atom is 0.0324 e. The lowest BCUT2D eigenvalue weighted by Gasteiger charge is -2.49. The van der Waals surface area contributed by atoms with Gasteiger partial charge in [-0.3, -0.25) is 4.90 Å². The molecule has 21 heavy (non-hydrogen) atoms. The van der Waals surface area contributed by atoms with Crippen LogP contribution < -0.4 is 5.32 Å². The summed E-state index contributed by atoms with van der Waals surface area (Å²) in [6.07, 6.45) is 3.60. The summed E-state index contributed by atoms with van der Waals surface area (Å²) in [5.41, 5.74) is 1.70. The van der Waals surface area contributed by atoms with Crippen LogP contribution in [0, 0.1) is 0 Å². The highest BCUT2D eigenvalue weighted by Crippen LogP contribution is 2.31. The number of hydrogen-bond acceptors (Lipinski definition) is 2. The minimum atomic E-state index is 0.287. The zero-order chi connectivity index (χ0) is 15.5. The van der Waals surface area contributed by atoms with E-state index in [1.54, 1.807) is 0 Å². The van der Waals surface area contributed by atoms with Gasteiger partial charge in [0.05, 0.1) is 0 Å². The summed E-state index contributed by atoms with van der Waals surface area (Å²) in [7, 11) is 0. The minimum absolute atomic E-state index is 0.287. The summed E-state index contributed by atoms with van der Waals surface area (Å²) in [4.78, 5) is 2.72. The van der Waals surface area contributed by atoms with E-state index in [4.69, 9.17) is 0 Å². The average molecular weight is 353 g/mol. The molecule has 3 heteroatoms. The van der Waals surface area contributed by atoms with E-state index in [9.17, 15) is 0 Å². The molecule has 1 aromatic rings. The highest BCUT2D eigenvalue weighted by Gasteiger charge is 2.38. The van der Waals surface area contributed by atoms with Crippen molar-refractivity contribution in [2.45, 2.75) is 64.6 Å². The van der Waals surface area contributed by atoms with E-state index in [1.807, 2.05) is 0 Å². The molecule has 2 nitrogen and oxygen atoms in total. The van der Waals surface area contributed by atoms with Crippen molar-refractivity contribution in [1.29, 1.82) is 0 Å². The Morgan fingerprint density at radius 2 is 1.86 bits per heavy atom. The summed E-state index contributed by atoms with van der Waals surface area (Å²) >= 11 is 3.53. The molecule has 0 spiro atoms. The van der Waals surface area contributed by atoms with Crippen LogP contribution in [0.3, 0.4) is 0 Å². The van der Waals surface area contributed by atoms with E-state index >= 15 is 0 Å². The third kappa shape index (κ3) is 3.69. The molecule has 0 bridgehead atoms. The molecular formula is C18H29BrN2. The highest BCUT2D eigenvalue weighted by molar-refractivity contribution is 9.10. The van der Waals surface area contributed by atoms with E-state index in [1.165, 1.54) is 24.8 Å². The molecule has 0 amide bonds. The lowest BCUT2D eigenvalue weighted by atomic mass is 9.86. The fraction of sp³-hybridized carbons (Fsp3) is 0.667. The van der Waals surface area contributed by atoms with Crippen molar-refractivity contribution in [3.8, 4) is 0 Å². The molecule has 1 aliphatic heterocycles. The van der Waals surface area contributed by atoms with Gasteiger partial charge in [0, 0.05) is 35.2 Å². The van der Waals surface area contributed by atoms with E-state index in [0.717, 1.165) is 17.6 Å². The Kier molecular flexibility index (Phi) is 5.87. The fourth-order valence-corrected chi connectivity index (χ4v) is 3.74. The number of halogens is 1. The van der Waals surface area contributed by atoms with Gasteiger partial charge in [-0.05, 0) is 43.9 Å². The van der Waals surface area contributed by atoms with Crippen molar-refractivity contribution in [2.75, 3.05) is 13.1 Å². The van der Waals surface area contributed by atoms with E-state index in [0.29, 0.717) is 12.1 Å². The molecule has 1 aliphatic rings. The number of nitrogens with zero attached hydrogens (tertiary/aromatic N) is 1. The van der Waals surface area contributed by atoms with Crippen molar-refractivity contribution >= 4 is 15.9 Å². The molecule has 0 radical (unpaired) electrons. The Hall–Kier alpha value is -0.380. The van der Waals surface area contributed by atoms with Gasteiger partial charge in [-0.2, -0.15) is 0 Å². The topological polar surface area (TPSA) is 15.3 Å². The van der Waals surface area contributed by atoms with Gasteiger partial charge < -0.3 is 5.32 Å². The summed E-state index contributed by atoms with van der Waals surface area (Å²) < 4.78 is 1.15. The van der Waals surface area contributed by atoms with Crippen molar-refractivity contribution in [1.82, 2.24) is 10.2 Å². The lowest BCUT2D eigenvalue weighted by molar-refractivity contribution is 0.0400. The van der Waals surface area contributed by atoms with Crippen LogP contribution in [0.15, 0.2) is 28.7 Å². The average Bonchev–Trinajstić information content (AvgIpc) is 2.54. The van der Waals surface area contributed by atoms with Gasteiger partial charge in [-0.1, -0.05) is 48.8 Å². The summed E-state index contributed by atoms with van der Waals surface area (Å²) in [5, 5.41) is 3.83. The Labute approximate surface area is 138 Å². The molecule has 2 unspecified atom stereocenters. The number of benzene rings is 1. The van der Waals surface area contributed by atoms with Gasteiger partial charge in [0.1, 0.15) is 0 Å². The standard InChI is InChI=1S/C18H29BrN2/c1-5-17-12-20-18(6-2,7-3)13-21(17)14(4)15-8-10-16(19)11-9-15/h8-11,14,17,20H,5-7,12-13H2,1-4H3. The van der Waals surface area contributed by atoms with Crippen LogP contribution in [-0.2, 0) is 0 Å². The molecule has 2 rings (SSSR count). The van der Waals surface area contributed by atoms with Crippen LogP contribution in [-0.4, -0.2) is 29.6 Å². The molecule has 0 saturated carbocycles. The van der Waals surface area contributed by atoms with Crippen LogP contribution >= 0.6 is 15.9 Å². The normalized spacial score (nSPS) is 24.0. The van der Waals surface area contributed by atoms with E-state index in [2.05, 4.69) is 78.1 Å². The van der Waals surface area contributed by atoms with Crippen molar-refractivity contribution in [3.05, 3.63) is 34.3 Å². The van der Waals surface area contributed by atoms with Crippen LogP contribution in [0.1, 0.15) is 58.6 Å². The van der Waals surface area contributed by atoms with E-state index < -0.39 is 0 Å². The van der Waals surface area contributed by atoms with Gasteiger partial charge in [-0.15, -0.1) is 0 Å². The number of nitrogens with one attached hydrogen (secondary N) is 1. The van der Waals surface area contributed by atoms with Crippen LogP contribution in [0.25, 0.3) is 0 Å². The third-order valence-corrected chi connectivity index (χ3v) is 5.87. The molecule has 2 atom stereocenters. The third-order valence-electron chi connectivity index (χ3n) is 5.34. The fourth-order valence-electron chi connectivity index (χ4n) is 3.47. The maximum atomic E-state index is 3.83. The maximum absolute atomic E-state index is 3.83. The minimum Gasteiger partial charge on any atom is -0.308 e. The Bertz CT molecular complexity index is 439. The first-order valence-electron chi connectivity index (χ1n) is 8.31. The summed E-state index contributed by atoms with van der Waals surface area (Å²) in [5.74, 6) is 0. The number of piperazine rings is 1. The smallest absolute Gasteiger partial charge is 0.0324 e. The van der Waals surface area contributed by atoms with Crippen molar-refractivity contribution < 1.29 is 0 Å². The van der Waals surface area contributed by atoms with Gasteiger partial charge in [-0.25, -0.2) is 0 Å². The molecule has 1 heterocycles. The van der Waals surface area contributed by atoms with Gasteiger partial charge >= 0.3 is 0 Å². The Balaban J connectivity index is 2.22. The molecule has 1 fully saturated rings. The molecule has 1 N–H and O–H groups in total. The first kappa shape index (κ1) is 17.0. The molecule has 0 aliphatic carbocycles. The number of rotatable bonds is 5. The van der Waals surface area contributed by atoms with Crippen molar-refractivity contribution in [2.24, 2.45) is 0 Å². The Morgan fingerprint density at radius 3 is 2.38 bits per heavy atom. The molecule has 1 saturated heterocycles. The zero-order valence-corrected chi connectivity index (χ0v) is 15.4. The van der Waals surface area contributed by atoms with Crippen molar-refractivity contribution in [3.63, 3.8) is 0 Å². The molecular weight excluding hydrogens is 324 g/mol. The van der Waals surface area contributed by atoms with Gasteiger partial charge in [0.25, 0.3) is 0 Å². The second-order valence-electron chi connectivity index (χ2n) is 6.33. The van der Waals surface area contributed by atoms with Gasteiger partial charge in [0.2, 0.25) is 0 Å². The summed E-state index contributed by atoms with van der Waals surface area (Å²) in [6.45, 7) is 11.5. The van der Waals surface area contributed by atoms with Crippen LogP contribution in [0.5, 0.6) is 0 Å².